The van der Waals surface area contributed by atoms with Gasteiger partial charge in [0.25, 0.3) is 5.91 Å². The van der Waals surface area contributed by atoms with Crippen LogP contribution >= 0.6 is 11.3 Å². The van der Waals surface area contributed by atoms with Crippen LogP contribution in [-0.4, -0.2) is 17.6 Å². The Bertz CT molecular complexity index is 409. The van der Waals surface area contributed by atoms with Crippen LogP contribution in [0, 0.1) is 0 Å². The third-order valence-electron chi connectivity index (χ3n) is 1.94. The highest BCUT2D eigenvalue weighted by Crippen LogP contribution is 2.05. The zero-order valence-corrected chi connectivity index (χ0v) is 8.79. The van der Waals surface area contributed by atoms with Crippen LogP contribution < -0.4 is 5.32 Å². The molecule has 0 unspecified atom stereocenters. The molecule has 0 bridgehead atoms. The van der Waals surface area contributed by atoms with E-state index in [1.54, 1.807) is 17.4 Å². The van der Waals surface area contributed by atoms with Crippen molar-refractivity contribution in [3.8, 4) is 0 Å². The van der Waals surface area contributed by atoms with Crippen molar-refractivity contribution in [1.82, 2.24) is 10.5 Å². The first-order valence-electron chi connectivity index (χ1n) is 4.56. The van der Waals surface area contributed by atoms with Crippen LogP contribution in [0.1, 0.15) is 16.1 Å². The molecule has 0 aliphatic heterocycles. The van der Waals surface area contributed by atoms with Gasteiger partial charge in [-0.3, -0.25) is 4.79 Å². The third kappa shape index (κ3) is 2.66. The average molecular weight is 222 g/mol. The Morgan fingerprint density at radius 2 is 2.47 bits per heavy atom. The van der Waals surface area contributed by atoms with Crippen LogP contribution in [0.4, 0.5) is 0 Å². The van der Waals surface area contributed by atoms with Crippen LogP contribution in [0.2, 0.25) is 0 Å². The SMILES string of the molecule is O=C(NCCc1ccsc1)c1ccno1. The molecule has 0 aliphatic carbocycles. The summed E-state index contributed by atoms with van der Waals surface area (Å²) in [5.74, 6) is 0.0306. The first-order chi connectivity index (χ1) is 7.36. The predicted octanol–water partition coefficient (Wildman–Crippen LogP) is 1.71. The molecule has 2 aromatic rings. The number of hydrogen-bond acceptors (Lipinski definition) is 4. The number of amides is 1. The summed E-state index contributed by atoms with van der Waals surface area (Å²) < 4.78 is 4.72. The molecule has 5 heteroatoms. The van der Waals surface area contributed by atoms with Crippen molar-refractivity contribution in [1.29, 1.82) is 0 Å². The van der Waals surface area contributed by atoms with Crippen molar-refractivity contribution in [3.63, 3.8) is 0 Å². The van der Waals surface area contributed by atoms with Gasteiger partial charge in [0.05, 0.1) is 6.20 Å². The number of thiophene rings is 1. The van der Waals surface area contributed by atoms with Crippen molar-refractivity contribution < 1.29 is 9.32 Å². The number of nitrogens with zero attached hydrogens (tertiary/aromatic N) is 1. The fourth-order valence-corrected chi connectivity index (χ4v) is 1.88. The molecular formula is C10H10N2O2S. The lowest BCUT2D eigenvalue weighted by Crippen LogP contribution is -2.25. The van der Waals surface area contributed by atoms with E-state index < -0.39 is 0 Å². The number of nitrogens with one attached hydrogen (secondary N) is 1. The van der Waals surface area contributed by atoms with Gasteiger partial charge in [0.1, 0.15) is 0 Å². The van der Waals surface area contributed by atoms with Gasteiger partial charge >= 0.3 is 0 Å². The normalized spacial score (nSPS) is 10.1. The van der Waals surface area contributed by atoms with E-state index in [1.807, 2.05) is 11.4 Å². The standard InChI is InChI=1S/C10H10N2O2S/c13-10(9-2-5-12-14-9)11-4-1-8-3-6-15-7-8/h2-3,5-7H,1,4H2,(H,11,13). The maximum atomic E-state index is 11.4. The summed E-state index contributed by atoms with van der Waals surface area (Å²) in [6.45, 7) is 0.607. The summed E-state index contributed by atoms with van der Waals surface area (Å²) in [6.07, 6.45) is 2.29. The van der Waals surface area contributed by atoms with Gasteiger partial charge in [-0.1, -0.05) is 5.16 Å². The molecule has 0 radical (unpaired) electrons. The molecule has 0 fully saturated rings. The summed E-state index contributed by atoms with van der Waals surface area (Å²) >= 11 is 1.65. The van der Waals surface area contributed by atoms with Crippen LogP contribution in [0.15, 0.2) is 33.6 Å². The van der Waals surface area contributed by atoms with Gasteiger partial charge in [0, 0.05) is 12.6 Å². The molecule has 0 saturated carbocycles. The Kier molecular flexibility index (Phi) is 3.14. The second kappa shape index (κ2) is 4.75. The maximum Gasteiger partial charge on any atom is 0.289 e. The molecule has 0 aliphatic rings. The van der Waals surface area contributed by atoms with E-state index in [0.717, 1.165) is 6.42 Å². The number of aromatic nitrogens is 1. The smallest absolute Gasteiger partial charge is 0.289 e. The second-order valence-electron chi connectivity index (χ2n) is 3.01. The highest BCUT2D eigenvalue weighted by atomic mass is 32.1. The first kappa shape index (κ1) is 9.92. The maximum absolute atomic E-state index is 11.4. The Balaban J connectivity index is 1.77. The highest BCUT2D eigenvalue weighted by Gasteiger charge is 2.07. The molecule has 4 nitrogen and oxygen atoms in total. The molecule has 78 valence electrons. The summed E-state index contributed by atoms with van der Waals surface area (Å²) in [5.41, 5.74) is 1.23. The molecule has 0 aromatic carbocycles. The number of carbonyl (C=O) groups excluding carboxylic acids is 1. The zero-order chi connectivity index (χ0) is 10.5. The summed E-state index contributed by atoms with van der Waals surface area (Å²) in [6, 6.07) is 3.59. The second-order valence-corrected chi connectivity index (χ2v) is 3.79. The molecule has 15 heavy (non-hydrogen) atoms. The molecule has 1 N–H and O–H groups in total. The molecule has 0 atom stereocenters. The van der Waals surface area contributed by atoms with Crippen LogP contribution in [0.3, 0.4) is 0 Å². The summed E-state index contributed by atoms with van der Waals surface area (Å²) in [4.78, 5) is 11.4. The fraction of sp³-hybridized carbons (Fsp3) is 0.200. The van der Waals surface area contributed by atoms with Crippen molar-refractivity contribution in [2.45, 2.75) is 6.42 Å². The predicted molar refractivity (Wildman–Crippen MR) is 56.9 cm³/mol. The quantitative estimate of drug-likeness (QED) is 0.856. The third-order valence-corrected chi connectivity index (χ3v) is 2.67. The minimum Gasteiger partial charge on any atom is -0.351 e. The van der Waals surface area contributed by atoms with Crippen LogP contribution in [-0.2, 0) is 6.42 Å². The number of hydrogen-bond donors (Lipinski definition) is 1. The lowest BCUT2D eigenvalue weighted by atomic mass is 10.2. The average Bonchev–Trinajstić information content (AvgIpc) is 2.90. The van der Waals surface area contributed by atoms with Gasteiger partial charge in [-0.15, -0.1) is 0 Å². The van der Waals surface area contributed by atoms with E-state index in [2.05, 4.69) is 15.9 Å². The van der Waals surface area contributed by atoms with Gasteiger partial charge in [-0.2, -0.15) is 11.3 Å². The zero-order valence-electron chi connectivity index (χ0n) is 7.97. The summed E-state index contributed by atoms with van der Waals surface area (Å²) in [7, 11) is 0. The number of carbonyl (C=O) groups is 1. The van der Waals surface area contributed by atoms with Gasteiger partial charge in [0.2, 0.25) is 5.76 Å². The molecule has 0 saturated heterocycles. The van der Waals surface area contributed by atoms with E-state index in [1.165, 1.54) is 11.8 Å². The molecule has 2 rings (SSSR count). The summed E-state index contributed by atoms with van der Waals surface area (Å²) in [5, 5.41) is 10.3. The Morgan fingerprint density at radius 3 is 3.13 bits per heavy atom. The van der Waals surface area contributed by atoms with E-state index in [4.69, 9.17) is 4.52 Å². The van der Waals surface area contributed by atoms with Crippen molar-refractivity contribution in [2.75, 3.05) is 6.54 Å². The van der Waals surface area contributed by atoms with Crippen molar-refractivity contribution in [2.24, 2.45) is 0 Å². The van der Waals surface area contributed by atoms with E-state index in [9.17, 15) is 4.79 Å². The minimum atomic E-state index is -0.220. The van der Waals surface area contributed by atoms with Gasteiger partial charge in [-0.25, -0.2) is 0 Å². The fourth-order valence-electron chi connectivity index (χ4n) is 1.18. The van der Waals surface area contributed by atoms with Crippen LogP contribution in [0.5, 0.6) is 0 Å². The van der Waals surface area contributed by atoms with E-state index in [0.29, 0.717) is 6.54 Å². The lowest BCUT2D eigenvalue weighted by Gasteiger charge is -2.00. The largest absolute Gasteiger partial charge is 0.351 e. The monoisotopic (exact) mass is 222 g/mol. The topological polar surface area (TPSA) is 55.1 Å². The molecule has 1 amide bonds. The van der Waals surface area contributed by atoms with Crippen molar-refractivity contribution in [3.05, 3.63) is 40.4 Å². The van der Waals surface area contributed by atoms with Gasteiger partial charge in [-0.05, 0) is 28.8 Å². The Hall–Kier alpha value is -1.62. The number of rotatable bonds is 4. The minimum absolute atomic E-state index is 0.220. The van der Waals surface area contributed by atoms with Gasteiger partial charge in [0.15, 0.2) is 0 Å². The Morgan fingerprint density at radius 1 is 1.53 bits per heavy atom. The van der Waals surface area contributed by atoms with Crippen LogP contribution in [0.25, 0.3) is 0 Å². The highest BCUT2D eigenvalue weighted by molar-refractivity contribution is 7.07. The van der Waals surface area contributed by atoms with E-state index in [-0.39, 0.29) is 11.7 Å². The Labute approximate surface area is 90.9 Å². The molecule has 0 spiro atoms. The van der Waals surface area contributed by atoms with E-state index >= 15 is 0 Å². The first-order valence-corrected chi connectivity index (χ1v) is 5.50. The molecule has 2 heterocycles. The molecule has 2 aromatic heterocycles. The van der Waals surface area contributed by atoms with Crippen molar-refractivity contribution >= 4 is 17.2 Å². The van der Waals surface area contributed by atoms with Gasteiger partial charge < -0.3 is 9.84 Å². The lowest BCUT2D eigenvalue weighted by molar-refractivity contribution is 0.0917. The molecular weight excluding hydrogens is 212 g/mol.